The van der Waals surface area contributed by atoms with E-state index in [-0.39, 0.29) is 0 Å². The highest BCUT2D eigenvalue weighted by Gasteiger charge is 2.23. The Labute approximate surface area is 137 Å². The highest BCUT2D eigenvalue weighted by Crippen LogP contribution is 2.14. The number of H-pyrrole nitrogens is 1. The third-order valence-corrected chi connectivity index (χ3v) is 5.26. The summed E-state index contributed by atoms with van der Waals surface area (Å²) in [5.74, 6) is 0. The van der Waals surface area contributed by atoms with E-state index in [2.05, 4.69) is 47.6 Å². The van der Waals surface area contributed by atoms with E-state index in [4.69, 9.17) is 0 Å². The van der Waals surface area contributed by atoms with Crippen molar-refractivity contribution in [1.82, 2.24) is 0 Å². The summed E-state index contributed by atoms with van der Waals surface area (Å²) in [6.07, 6.45) is 6.18. The van der Waals surface area contributed by atoms with Crippen LogP contribution in [-0.4, -0.2) is 32.4 Å². The molecule has 0 spiro atoms. The second kappa shape index (κ2) is 7.77. The molecule has 1 aliphatic rings. The van der Waals surface area contributed by atoms with Crippen LogP contribution in [0.1, 0.15) is 11.1 Å². The van der Waals surface area contributed by atoms with E-state index in [1.807, 2.05) is 24.2 Å². The van der Waals surface area contributed by atoms with Crippen LogP contribution in [0.2, 0.25) is 0 Å². The summed E-state index contributed by atoms with van der Waals surface area (Å²) in [4.78, 5) is 7.89. The first-order valence-electron chi connectivity index (χ1n) is 8.08. The molecule has 2 heterocycles. The normalized spacial score (nSPS) is 21.7. The van der Waals surface area contributed by atoms with Crippen LogP contribution in [-0.2, 0) is 13.1 Å². The van der Waals surface area contributed by atoms with Gasteiger partial charge in [-0.2, -0.15) is 0 Å². The third kappa shape index (κ3) is 4.32. The van der Waals surface area contributed by atoms with Crippen LogP contribution in [0.3, 0.4) is 0 Å². The lowest BCUT2D eigenvalue weighted by molar-refractivity contribution is -1.02. The molecule has 0 saturated carbocycles. The first-order valence-corrected chi connectivity index (χ1v) is 9.31. The zero-order valence-corrected chi connectivity index (χ0v) is 14.1. The number of hydrogen-bond donors (Lipinski definition) is 2. The lowest BCUT2D eigenvalue weighted by Crippen LogP contribution is -3.27. The van der Waals surface area contributed by atoms with Crippen molar-refractivity contribution in [3.05, 3.63) is 59.9 Å². The highest BCUT2D eigenvalue weighted by molar-refractivity contribution is 7.98. The number of nitrogens with one attached hydrogen (secondary N) is 3. The quantitative estimate of drug-likeness (QED) is 0.727. The minimum atomic E-state index is 1.16. The first kappa shape index (κ1) is 15.5. The molecule has 2 aromatic rings. The highest BCUT2D eigenvalue weighted by atomic mass is 32.2. The number of piperazine rings is 1. The van der Waals surface area contributed by atoms with Crippen molar-refractivity contribution in [3.8, 4) is 0 Å². The molecule has 22 heavy (non-hydrogen) atoms. The molecule has 1 aliphatic heterocycles. The molecular weight excluding hydrogens is 290 g/mol. The fourth-order valence-electron chi connectivity index (χ4n) is 3.17. The number of quaternary nitrogens is 2. The summed E-state index contributed by atoms with van der Waals surface area (Å²) in [5.41, 5.74) is 2.90. The molecule has 3 nitrogen and oxygen atoms in total. The van der Waals surface area contributed by atoms with Crippen molar-refractivity contribution in [1.29, 1.82) is 0 Å². The van der Waals surface area contributed by atoms with Crippen molar-refractivity contribution in [2.45, 2.75) is 18.0 Å². The second-order valence-corrected chi connectivity index (χ2v) is 6.99. The number of aromatic nitrogens is 1. The van der Waals surface area contributed by atoms with Crippen molar-refractivity contribution in [2.75, 3.05) is 32.4 Å². The molecule has 1 aromatic carbocycles. The molecule has 0 radical (unpaired) electrons. The van der Waals surface area contributed by atoms with E-state index in [0.717, 1.165) is 6.54 Å². The molecule has 3 N–H and O–H groups in total. The molecule has 1 fully saturated rings. The number of pyridine rings is 1. The Morgan fingerprint density at radius 2 is 1.32 bits per heavy atom. The summed E-state index contributed by atoms with van der Waals surface area (Å²) in [7, 11) is 0. The van der Waals surface area contributed by atoms with Crippen molar-refractivity contribution in [2.24, 2.45) is 0 Å². The van der Waals surface area contributed by atoms with Crippen molar-refractivity contribution < 1.29 is 14.8 Å². The Kier molecular flexibility index (Phi) is 5.48. The monoisotopic (exact) mass is 316 g/mol. The minimum Gasteiger partial charge on any atom is -0.322 e. The van der Waals surface area contributed by atoms with Gasteiger partial charge in [-0.1, -0.05) is 12.1 Å². The van der Waals surface area contributed by atoms with Gasteiger partial charge in [0.25, 0.3) is 0 Å². The first-order chi connectivity index (χ1) is 10.8. The van der Waals surface area contributed by atoms with Gasteiger partial charge >= 0.3 is 0 Å². The SMILES string of the molecule is CSc1ccc(C[NH+]2CC[NH+](Cc3cc[nH+]cc3)CC2)cc1. The standard InChI is InChI=1S/C18H23N3S/c1-22-18-4-2-16(3-5-18)14-20-10-12-21(13-11-20)15-17-6-8-19-9-7-17/h2-9H,10-15H2,1H3/p+3. The van der Waals surface area contributed by atoms with Crippen LogP contribution in [0.25, 0.3) is 0 Å². The lowest BCUT2D eigenvalue weighted by atomic mass is 10.2. The van der Waals surface area contributed by atoms with E-state index in [1.165, 1.54) is 48.7 Å². The second-order valence-electron chi connectivity index (χ2n) is 6.11. The summed E-state index contributed by atoms with van der Waals surface area (Å²) >= 11 is 1.81. The fraction of sp³-hybridized carbons (Fsp3) is 0.389. The number of benzene rings is 1. The van der Waals surface area contributed by atoms with Crippen molar-refractivity contribution in [3.63, 3.8) is 0 Å². The minimum absolute atomic E-state index is 1.16. The van der Waals surface area contributed by atoms with Crippen LogP contribution < -0.4 is 14.8 Å². The molecule has 1 aromatic heterocycles. The Morgan fingerprint density at radius 3 is 1.82 bits per heavy atom. The van der Waals surface area contributed by atoms with Gasteiger partial charge in [-0.25, -0.2) is 4.98 Å². The molecule has 4 heteroatoms. The molecule has 0 bridgehead atoms. The van der Waals surface area contributed by atoms with Gasteiger partial charge in [0, 0.05) is 28.2 Å². The van der Waals surface area contributed by atoms with E-state index in [0.29, 0.717) is 0 Å². The Morgan fingerprint density at radius 1 is 0.818 bits per heavy atom. The maximum Gasteiger partial charge on any atom is 0.167 e. The number of thioether (sulfide) groups is 1. The third-order valence-electron chi connectivity index (χ3n) is 4.52. The van der Waals surface area contributed by atoms with Gasteiger partial charge in [0.1, 0.15) is 39.3 Å². The summed E-state index contributed by atoms with van der Waals surface area (Å²) in [5, 5.41) is 0. The molecule has 0 unspecified atom stereocenters. The smallest absolute Gasteiger partial charge is 0.167 e. The van der Waals surface area contributed by atoms with Gasteiger partial charge in [0.2, 0.25) is 0 Å². The number of hydrogen-bond acceptors (Lipinski definition) is 1. The van der Waals surface area contributed by atoms with Gasteiger partial charge in [0.15, 0.2) is 12.4 Å². The Balaban J connectivity index is 1.47. The van der Waals surface area contributed by atoms with Crippen LogP contribution in [0.4, 0.5) is 0 Å². The van der Waals surface area contributed by atoms with E-state index >= 15 is 0 Å². The number of aromatic amines is 1. The summed E-state index contributed by atoms with van der Waals surface area (Å²) in [6, 6.07) is 13.5. The molecule has 1 saturated heterocycles. The van der Waals surface area contributed by atoms with Gasteiger partial charge in [-0.3, -0.25) is 0 Å². The molecular formula is C18H26N3S+3. The van der Waals surface area contributed by atoms with Crippen LogP contribution >= 0.6 is 11.8 Å². The maximum absolute atomic E-state index is 3.10. The van der Waals surface area contributed by atoms with E-state index in [1.54, 1.807) is 9.80 Å². The largest absolute Gasteiger partial charge is 0.322 e. The molecule has 0 amide bonds. The Bertz CT molecular complexity index is 563. The van der Waals surface area contributed by atoms with Crippen LogP contribution in [0.5, 0.6) is 0 Å². The molecule has 0 atom stereocenters. The average Bonchev–Trinajstić information content (AvgIpc) is 2.58. The van der Waals surface area contributed by atoms with Gasteiger partial charge in [-0.15, -0.1) is 11.8 Å². The van der Waals surface area contributed by atoms with Gasteiger partial charge in [0.05, 0.1) is 0 Å². The Hall–Kier alpha value is -1.36. The fourth-order valence-corrected chi connectivity index (χ4v) is 3.58. The lowest BCUT2D eigenvalue weighted by Gasteiger charge is -2.29. The van der Waals surface area contributed by atoms with Gasteiger partial charge in [-0.05, 0) is 18.4 Å². The van der Waals surface area contributed by atoms with Crippen molar-refractivity contribution >= 4 is 11.8 Å². The summed E-state index contributed by atoms with van der Waals surface area (Å²) < 4.78 is 0. The molecule has 116 valence electrons. The predicted molar refractivity (Wildman–Crippen MR) is 90.0 cm³/mol. The summed E-state index contributed by atoms with van der Waals surface area (Å²) in [6.45, 7) is 7.43. The van der Waals surface area contributed by atoms with E-state index < -0.39 is 0 Å². The van der Waals surface area contributed by atoms with E-state index in [9.17, 15) is 0 Å². The predicted octanol–water partition coefficient (Wildman–Crippen LogP) is -0.294. The zero-order valence-electron chi connectivity index (χ0n) is 13.3. The average molecular weight is 316 g/mol. The maximum atomic E-state index is 3.10. The zero-order chi connectivity index (χ0) is 15.2. The van der Waals surface area contributed by atoms with Crippen LogP contribution in [0, 0.1) is 0 Å². The van der Waals surface area contributed by atoms with Gasteiger partial charge < -0.3 is 9.80 Å². The number of rotatable bonds is 5. The topological polar surface area (TPSA) is 23.0 Å². The molecule has 0 aliphatic carbocycles. The van der Waals surface area contributed by atoms with Crippen LogP contribution in [0.15, 0.2) is 53.7 Å². The molecule has 3 rings (SSSR count).